The first-order valence-electron chi connectivity index (χ1n) is 4.27. The number of benzene rings is 1. The number of hydrogen-bond acceptors (Lipinski definition) is 4. The van der Waals surface area contributed by atoms with Gasteiger partial charge in [-0.25, -0.2) is 0 Å². The Hall–Kier alpha value is -1.84. The number of fused-ring (bicyclic) bond motifs is 1. The summed E-state index contributed by atoms with van der Waals surface area (Å²) in [4.78, 5) is 14.2. The van der Waals surface area contributed by atoms with Crippen LogP contribution in [0.15, 0.2) is 17.1 Å². The third kappa shape index (κ3) is 1.46. The van der Waals surface area contributed by atoms with E-state index in [0.29, 0.717) is 6.47 Å². The monoisotopic (exact) mass is 191 g/mol. The van der Waals surface area contributed by atoms with E-state index in [9.17, 15) is 9.90 Å². The van der Waals surface area contributed by atoms with Gasteiger partial charge in [-0.2, -0.15) is 0 Å². The molecule has 0 unspecified atom stereocenters. The van der Waals surface area contributed by atoms with Crippen molar-refractivity contribution in [2.45, 2.75) is 6.42 Å². The first-order chi connectivity index (χ1) is 6.81. The fraction of sp³-hybridized carbons (Fsp3) is 0.200. The molecular weight excluding hydrogens is 182 g/mol. The van der Waals surface area contributed by atoms with E-state index in [1.165, 1.54) is 0 Å². The molecule has 1 aliphatic heterocycles. The van der Waals surface area contributed by atoms with Gasteiger partial charge < -0.3 is 9.84 Å². The molecule has 1 aromatic carbocycles. The lowest BCUT2D eigenvalue weighted by molar-refractivity contribution is -0.120. The maximum absolute atomic E-state index is 10.1. The minimum Gasteiger partial charge on any atom is -0.504 e. The third-order valence-corrected chi connectivity index (χ3v) is 2.14. The summed E-state index contributed by atoms with van der Waals surface area (Å²) in [6.07, 6.45) is 2.52. The van der Waals surface area contributed by atoms with E-state index >= 15 is 0 Å². The fourth-order valence-electron chi connectivity index (χ4n) is 1.46. The van der Waals surface area contributed by atoms with Gasteiger partial charge in [0.1, 0.15) is 0 Å². The lowest BCUT2D eigenvalue weighted by atomic mass is 10.0. The molecule has 0 saturated heterocycles. The van der Waals surface area contributed by atoms with E-state index in [4.69, 9.17) is 0 Å². The molecule has 0 bridgehead atoms. The van der Waals surface area contributed by atoms with E-state index in [1.54, 1.807) is 18.3 Å². The summed E-state index contributed by atoms with van der Waals surface area (Å²) < 4.78 is 4.61. The van der Waals surface area contributed by atoms with Gasteiger partial charge in [-0.15, -0.1) is 0 Å². The number of nitrogens with zero attached hydrogens (tertiary/aromatic N) is 1. The van der Waals surface area contributed by atoms with Crippen LogP contribution in [-0.2, 0) is 11.2 Å². The Morgan fingerprint density at radius 2 is 2.36 bits per heavy atom. The average Bonchev–Trinajstić information content (AvgIpc) is 2.19. The molecule has 0 aliphatic carbocycles. The number of ether oxygens (including phenoxy) is 1. The van der Waals surface area contributed by atoms with Gasteiger partial charge in [-0.05, 0) is 29.7 Å². The molecule has 0 amide bonds. The molecule has 0 aromatic heterocycles. The molecule has 72 valence electrons. The number of carbonyl (C=O) groups is 1. The molecule has 1 aromatic rings. The second kappa shape index (κ2) is 3.49. The van der Waals surface area contributed by atoms with E-state index in [2.05, 4.69) is 9.73 Å². The third-order valence-electron chi connectivity index (χ3n) is 2.14. The van der Waals surface area contributed by atoms with Gasteiger partial charge in [0.15, 0.2) is 11.5 Å². The second-order valence-corrected chi connectivity index (χ2v) is 3.02. The van der Waals surface area contributed by atoms with Crippen molar-refractivity contribution < 1.29 is 14.6 Å². The molecule has 1 heterocycles. The summed E-state index contributed by atoms with van der Waals surface area (Å²) >= 11 is 0. The smallest absolute Gasteiger partial charge is 0.298 e. The summed E-state index contributed by atoms with van der Waals surface area (Å²) in [5.74, 6) is 0.165. The van der Waals surface area contributed by atoms with Crippen molar-refractivity contribution in [3.05, 3.63) is 23.3 Å². The van der Waals surface area contributed by atoms with Crippen LogP contribution in [0.1, 0.15) is 11.1 Å². The van der Waals surface area contributed by atoms with Gasteiger partial charge >= 0.3 is 0 Å². The topological polar surface area (TPSA) is 58.9 Å². The van der Waals surface area contributed by atoms with Gasteiger partial charge in [-0.3, -0.25) is 9.79 Å². The first kappa shape index (κ1) is 8.74. The largest absolute Gasteiger partial charge is 0.504 e. The Labute approximate surface area is 80.8 Å². The molecule has 4 nitrogen and oxygen atoms in total. The van der Waals surface area contributed by atoms with E-state index in [0.717, 1.165) is 24.1 Å². The van der Waals surface area contributed by atoms with Gasteiger partial charge in [0.05, 0.1) is 0 Å². The SMILES string of the molecule is O=COc1cc2c(cc1O)CCN=C2. The van der Waals surface area contributed by atoms with Crippen molar-refractivity contribution >= 4 is 12.7 Å². The molecule has 2 rings (SSSR count). The van der Waals surface area contributed by atoms with Gasteiger partial charge in [-0.1, -0.05) is 0 Å². The van der Waals surface area contributed by atoms with Crippen LogP contribution in [0.4, 0.5) is 0 Å². The van der Waals surface area contributed by atoms with Crippen molar-refractivity contribution in [3.8, 4) is 11.5 Å². The van der Waals surface area contributed by atoms with Crippen molar-refractivity contribution in [1.82, 2.24) is 0 Å². The van der Waals surface area contributed by atoms with Crippen LogP contribution in [0.25, 0.3) is 0 Å². The van der Waals surface area contributed by atoms with Crippen LogP contribution in [0.5, 0.6) is 11.5 Å². The maximum Gasteiger partial charge on any atom is 0.298 e. The highest BCUT2D eigenvalue weighted by Gasteiger charge is 2.11. The number of aliphatic imine (C=N–C) groups is 1. The molecule has 14 heavy (non-hydrogen) atoms. The van der Waals surface area contributed by atoms with Gasteiger partial charge in [0, 0.05) is 12.8 Å². The quantitative estimate of drug-likeness (QED) is 0.706. The molecule has 0 radical (unpaired) electrons. The summed E-state index contributed by atoms with van der Waals surface area (Å²) in [7, 11) is 0. The highest BCUT2D eigenvalue weighted by molar-refractivity contribution is 5.84. The van der Waals surface area contributed by atoms with Crippen LogP contribution in [0.2, 0.25) is 0 Å². The highest BCUT2D eigenvalue weighted by atomic mass is 16.5. The van der Waals surface area contributed by atoms with Gasteiger partial charge in [0.2, 0.25) is 0 Å². The number of phenols is 1. The number of aromatic hydroxyl groups is 1. The van der Waals surface area contributed by atoms with Crippen LogP contribution in [0, 0.1) is 0 Å². The first-order valence-corrected chi connectivity index (χ1v) is 4.27. The normalized spacial score (nSPS) is 13.4. The Bertz CT molecular complexity index is 399. The summed E-state index contributed by atoms with van der Waals surface area (Å²) in [6.45, 7) is 1.03. The zero-order valence-electron chi connectivity index (χ0n) is 7.43. The standard InChI is InChI=1S/C10H9NO3/c12-6-14-10-4-8-5-11-2-1-7(8)3-9(10)13/h3-6,13H,1-2H2. The summed E-state index contributed by atoms with van der Waals surface area (Å²) in [6, 6.07) is 3.22. The molecule has 1 aliphatic rings. The predicted octanol–water partition coefficient (Wildman–Crippen LogP) is 0.902. The fourth-order valence-corrected chi connectivity index (χ4v) is 1.46. The molecule has 0 spiro atoms. The van der Waals surface area contributed by atoms with Crippen molar-refractivity contribution in [2.24, 2.45) is 4.99 Å². The molecule has 0 fully saturated rings. The lowest BCUT2D eigenvalue weighted by Crippen LogP contribution is -2.03. The van der Waals surface area contributed by atoms with Crippen LogP contribution >= 0.6 is 0 Å². The Morgan fingerprint density at radius 3 is 3.14 bits per heavy atom. The van der Waals surface area contributed by atoms with Crippen molar-refractivity contribution in [2.75, 3.05) is 6.54 Å². The maximum atomic E-state index is 10.1. The number of rotatable bonds is 2. The Morgan fingerprint density at radius 1 is 1.50 bits per heavy atom. The van der Waals surface area contributed by atoms with E-state index in [-0.39, 0.29) is 11.5 Å². The van der Waals surface area contributed by atoms with Gasteiger partial charge in [0.25, 0.3) is 6.47 Å². The Kier molecular flexibility index (Phi) is 2.18. The van der Waals surface area contributed by atoms with Crippen LogP contribution < -0.4 is 4.74 Å². The lowest BCUT2D eigenvalue weighted by Gasteiger charge is -2.11. The van der Waals surface area contributed by atoms with Crippen molar-refractivity contribution in [1.29, 1.82) is 0 Å². The molecule has 1 N–H and O–H groups in total. The molecule has 0 saturated carbocycles. The highest BCUT2D eigenvalue weighted by Crippen LogP contribution is 2.30. The number of carbonyl (C=O) groups excluding carboxylic acids is 1. The minimum atomic E-state index is -0.00819. The second-order valence-electron chi connectivity index (χ2n) is 3.02. The zero-order valence-corrected chi connectivity index (χ0v) is 7.43. The number of hydrogen-bond donors (Lipinski definition) is 1. The van der Waals surface area contributed by atoms with Crippen LogP contribution in [-0.4, -0.2) is 24.3 Å². The Balaban J connectivity index is 2.46. The van der Waals surface area contributed by atoms with Crippen molar-refractivity contribution in [3.63, 3.8) is 0 Å². The zero-order chi connectivity index (χ0) is 9.97. The molecule has 4 heteroatoms. The number of phenolic OH excluding ortho intramolecular Hbond substituents is 1. The molecule has 0 atom stereocenters. The summed E-state index contributed by atoms with van der Waals surface area (Å²) in [5.41, 5.74) is 1.92. The minimum absolute atomic E-state index is 0.00819. The average molecular weight is 191 g/mol. The van der Waals surface area contributed by atoms with Crippen LogP contribution in [0.3, 0.4) is 0 Å². The predicted molar refractivity (Wildman–Crippen MR) is 51.0 cm³/mol. The summed E-state index contributed by atoms with van der Waals surface area (Å²) in [5, 5.41) is 9.47. The van der Waals surface area contributed by atoms with E-state index < -0.39 is 0 Å². The van der Waals surface area contributed by atoms with E-state index in [1.807, 2.05) is 0 Å². The molecular formula is C10H9NO3.